The fraction of sp³-hybridized carbons (Fsp3) is 0.519. The number of carbonyl (C=O) groups excluding carboxylic acids is 1. The van der Waals surface area contributed by atoms with Crippen LogP contribution in [-0.2, 0) is 29.4 Å². The van der Waals surface area contributed by atoms with Gasteiger partial charge >= 0.3 is 12.1 Å². The third kappa shape index (κ3) is 6.75. The first kappa shape index (κ1) is 26.4. The number of aromatic nitrogens is 4. The van der Waals surface area contributed by atoms with Crippen LogP contribution in [0.4, 0.5) is 10.7 Å². The van der Waals surface area contributed by atoms with Crippen LogP contribution in [0.3, 0.4) is 0 Å². The number of nitrogens with zero attached hydrogens (tertiary/aromatic N) is 4. The number of hydrogen-bond acceptors (Lipinski definition) is 7. The lowest BCUT2D eigenvalue weighted by Crippen LogP contribution is -2.42. The van der Waals surface area contributed by atoms with Crippen molar-refractivity contribution in [1.82, 2.24) is 25.1 Å². The second-order valence-corrected chi connectivity index (χ2v) is 10.7. The van der Waals surface area contributed by atoms with Gasteiger partial charge in [0, 0.05) is 36.3 Å². The van der Waals surface area contributed by atoms with Crippen molar-refractivity contribution in [3.05, 3.63) is 35.7 Å². The molecule has 2 aromatic heterocycles. The number of aryl methyl sites for hydroxylation is 2. The van der Waals surface area contributed by atoms with Gasteiger partial charge in [-0.2, -0.15) is 5.10 Å². The molecule has 1 saturated carbocycles. The average molecular weight is 509 g/mol. The summed E-state index contributed by atoms with van der Waals surface area (Å²) in [5.41, 5.74) is 3.81. The Kier molecular flexibility index (Phi) is 7.65. The predicted octanol–water partition coefficient (Wildman–Crippen LogP) is 4.47. The molecule has 0 aliphatic heterocycles. The molecule has 1 aliphatic rings. The summed E-state index contributed by atoms with van der Waals surface area (Å²) in [5.74, 6) is -0.304. The van der Waals surface area contributed by atoms with Crippen LogP contribution in [0.15, 0.2) is 24.4 Å². The van der Waals surface area contributed by atoms with Gasteiger partial charge in [-0.25, -0.2) is 14.8 Å². The zero-order chi connectivity index (χ0) is 26.7. The molecule has 2 heterocycles. The minimum atomic E-state index is -0.904. The van der Waals surface area contributed by atoms with Crippen LogP contribution in [0, 0.1) is 0 Å². The lowest BCUT2D eigenvalue weighted by Gasteiger charge is -2.30. The fourth-order valence-electron chi connectivity index (χ4n) is 4.78. The van der Waals surface area contributed by atoms with Crippen molar-refractivity contribution >= 4 is 28.9 Å². The number of nitrogens with one attached hydrogen (secondary N) is 2. The SMILES string of the molecule is CCc1cc(-c2cc(CC(=O)O)nn2C)cc2cnc(NC3CCC(NC(=O)OC(C)(C)C)CC3)nc12. The molecule has 198 valence electrons. The van der Waals surface area contributed by atoms with Gasteiger partial charge in [0.05, 0.1) is 23.3 Å². The van der Waals surface area contributed by atoms with Crippen molar-refractivity contribution < 1.29 is 19.4 Å². The number of carbonyl (C=O) groups is 2. The van der Waals surface area contributed by atoms with Crippen molar-refractivity contribution in [3.63, 3.8) is 0 Å². The molecular weight excluding hydrogens is 472 g/mol. The molecule has 0 unspecified atom stereocenters. The van der Waals surface area contributed by atoms with Crippen molar-refractivity contribution in [3.8, 4) is 11.3 Å². The van der Waals surface area contributed by atoms with E-state index in [4.69, 9.17) is 14.8 Å². The molecule has 0 saturated heterocycles. The van der Waals surface area contributed by atoms with E-state index >= 15 is 0 Å². The van der Waals surface area contributed by atoms with Crippen LogP contribution >= 0.6 is 0 Å². The number of hydrogen-bond donors (Lipinski definition) is 3. The van der Waals surface area contributed by atoms with E-state index in [1.807, 2.05) is 46.1 Å². The first-order valence-corrected chi connectivity index (χ1v) is 12.8. The van der Waals surface area contributed by atoms with Gasteiger partial charge in [0.1, 0.15) is 5.60 Å². The largest absolute Gasteiger partial charge is 0.481 e. The van der Waals surface area contributed by atoms with Gasteiger partial charge in [0.25, 0.3) is 0 Å². The second-order valence-electron chi connectivity index (χ2n) is 10.7. The summed E-state index contributed by atoms with van der Waals surface area (Å²) < 4.78 is 7.08. The van der Waals surface area contributed by atoms with Crippen molar-refractivity contribution in [1.29, 1.82) is 0 Å². The summed E-state index contributed by atoms with van der Waals surface area (Å²) in [6.07, 6.45) is 5.68. The maximum Gasteiger partial charge on any atom is 0.407 e. The predicted molar refractivity (Wildman–Crippen MR) is 141 cm³/mol. The molecule has 4 rings (SSSR count). The summed E-state index contributed by atoms with van der Waals surface area (Å²) >= 11 is 0. The van der Waals surface area contributed by atoms with E-state index in [1.165, 1.54) is 0 Å². The lowest BCUT2D eigenvalue weighted by atomic mass is 9.91. The number of carboxylic acids is 1. The van der Waals surface area contributed by atoms with E-state index in [1.54, 1.807) is 4.68 Å². The highest BCUT2D eigenvalue weighted by molar-refractivity contribution is 5.87. The van der Waals surface area contributed by atoms with Gasteiger partial charge < -0.3 is 20.5 Å². The summed E-state index contributed by atoms with van der Waals surface area (Å²) in [7, 11) is 1.82. The molecule has 0 radical (unpaired) electrons. The van der Waals surface area contributed by atoms with E-state index < -0.39 is 11.6 Å². The number of alkyl carbamates (subject to hydrolysis) is 1. The number of fused-ring (bicyclic) bond motifs is 1. The van der Waals surface area contributed by atoms with Crippen LogP contribution in [0.1, 0.15) is 64.6 Å². The summed E-state index contributed by atoms with van der Waals surface area (Å²) in [6.45, 7) is 7.67. The molecule has 10 nitrogen and oxygen atoms in total. The first-order chi connectivity index (χ1) is 17.5. The van der Waals surface area contributed by atoms with Crippen LogP contribution in [0.5, 0.6) is 0 Å². The quantitative estimate of drug-likeness (QED) is 0.426. The average Bonchev–Trinajstić information content (AvgIpc) is 3.17. The first-order valence-electron chi connectivity index (χ1n) is 12.8. The molecule has 1 fully saturated rings. The van der Waals surface area contributed by atoms with Crippen LogP contribution in [0.25, 0.3) is 22.2 Å². The number of rotatable bonds is 7. The summed E-state index contributed by atoms with van der Waals surface area (Å²) in [6, 6.07) is 6.28. The Labute approximate surface area is 216 Å². The Bertz CT molecular complexity index is 1290. The number of amides is 1. The minimum Gasteiger partial charge on any atom is -0.481 e. The zero-order valence-electron chi connectivity index (χ0n) is 22.2. The minimum absolute atomic E-state index is 0.110. The Morgan fingerprint density at radius 3 is 2.49 bits per heavy atom. The van der Waals surface area contributed by atoms with Crippen molar-refractivity contribution in [2.75, 3.05) is 5.32 Å². The maximum atomic E-state index is 12.1. The third-order valence-corrected chi connectivity index (χ3v) is 6.48. The zero-order valence-corrected chi connectivity index (χ0v) is 22.2. The molecule has 1 aromatic carbocycles. The Morgan fingerprint density at radius 1 is 1.14 bits per heavy atom. The summed E-state index contributed by atoms with van der Waals surface area (Å²) in [4.78, 5) is 32.6. The molecule has 10 heteroatoms. The standard InChI is InChI=1S/C27H36N6O4/c1-6-16-11-17(22-13-21(14-23(34)35)32-33(22)5)12-18-15-28-25(31-24(16)18)29-19-7-9-20(10-8-19)30-26(36)37-27(2,3)4/h11-13,15,19-20H,6-10,14H2,1-5H3,(H,30,36)(H,34,35)(H,28,29,31). The van der Waals surface area contributed by atoms with E-state index in [9.17, 15) is 9.59 Å². The van der Waals surface area contributed by atoms with Crippen LogP contribution < -0.4 is 10.6 Å². The molecular formula is C27H36N6O4. The Hall–Kier alpha value is -3.69. The molecule has 1 amide bonds. The van der Waals surface area contributed by atoms with Crippen LogP contribution in [-0.4, -0.2) is 54.6 Å². The van der Waals surface area contributed by atoms with Crippen molar-refractivity contribution in [2.24, 2.45) is 7.05 Å². The molecule has 0 spiro atoms. The molecule has 1 aliphatic carbocycles. The van der Waals surface area contributed by atoms with E-state index in [-0.39, 0.29) is 24.6 Å². The van der Waals surface area contributed by atoms with Gasteiger partial charge in [-0.05, 0) is 76.6 Å². The Morgan fingerprint density at radius 2 is 1.84 bits per heavy atom. The van der Waals surface area contributed by atoms with Gasteiger partial charge in [0.2, 0.25) is 5.95 Å². The normalized spacial score (nSPS) is 18.0. The number of ether oxygens (including phenoxy) is 1. The highest BCUT2D eigenvalue weighted by Crippen LogP contribution is 2.29. The summed E-state index contributed by atoms with van der Waals surface area (Å²) in [5, 5.41) is 20.8. The van der Waals surface area contributed by atoms with Gasteiger partial charge in [-0.3, -0.25) is 9.48 Å². The van der Waals surface area contributed by atoms with E-state index in [2.05, 4.69) is 33.7 Å². The molecule has 3 N–H and O–H groups in total. The number of benzene rings is 1. The molecule has 3 aromatic rings. The molecule has 0 bridgehead atoms. The highest BCUT2D eigenvalue weighted by Gasteiger charge is 2.25. The van der Waals surface area contributed by atoms with Crippen molar-refractivity contribution in [2.45, 2.75) is 83.9 Å². The third-order valence-electron chi connectivity index (χ3n) is 6.48. The highest BCUT2D eigenvalue weighted by atomic mass is 16.6. The van der Waals surface area contributed by atoms with Crippen LogP contribution in [0.2, 0.25) is 0 Å². The van der Waals surface area contributed by atoms with E-state index in [0.717, 1.165) is 59.8 Å². The number of carboxylic acid groups (broad SMARTS) is 1. The van der Waals surface area contributed by atoms with Gasteiger partial charge in [0.15, 0.2) is 0 Å². The maximum absolute atomic E-state index is 12.1. The Balaban J connectivity index is 1.44. The molecule has 37 heavy (non-hydrogen) atoms. The lowest BCUT2D eigenvalue weighted by molar-refractivity contribution is -0.136. The smallest absolute Gasteiger partial charge is 0.407 e. The topological polar surface area (TPSA) is 131 Å². The second kappa shape index (κ2) is 10.7. The van der Waals surface area contributed by atoms with Gasteiger partial charge in [-0.1, -0.05) is 6.92 Å². The number of anilines is 1. The fourth-order valence-corrected chi connectivity index (χ4v) is 4.78. The monoisotopic (exact) mass is 508 g/mol. The number of aliphatic carboxylic acids is 1. The van der Waals surface area contributed by atoms with E-state index in [0.29, 0.717) is 11.6 Å². The van der Waals surface area contributed by atoms with Gasteiger partial charge in [-0.15, -0.1) is 0 Å². The molecule has 0 atom stereocenters.